The topological polar surface area (TPSA) is 101 Å². The Bertz CT molecular complexity index is 521. The zero-order chi connectivity index (χ0) is 14.8. The summed E-state index contributed by atoms with van der Waals surface area (Å²) < 4.78 is 0. The first-order valence-electron chi connectivity index (χ1n) is 5.46. The van der Waals surface area contributed by atoms with Crippen molar-refractivity contribution in [3.63, 3.8) is 0 Å². The molecule has 1 N–H and O–H groups in total. The Labute approximate surface area is 109 Å². The van der Waals surface area contributed by atoms with E-state index in [1.807, 2.05) is 0 Å². The lowest BCUT2D eigenvalue weighted by Crippen LogP contribution is -2.52. The third-order valence-corrected chi connectivity index (χ3v) is 2.72. The summed E-state index contributed by atoms with van der Waals surface area (Å²) in [4.78, 5) is 33.9. The predicted molar refractivity (Wildman–Crippen MR) is 68.0 cm³/mol. The van der Waals surface area contributed by atoms with Crippen LogP contribution in [0, 0.1) is 10.1 Å². The second-order valence-corrected chi connectivity index (χ2v) is 4.49. The van der Waals surface area contributed by atoms with Gasteiger partial charge in [-0.2, -0.15) is 0 Å². The van der Waals surface area contributed by atoms with Gasteiger partial charge in [-0.05, 0) is 26.0 Å². The van der Waals surface area contributed by atoms with E-state index in [1.54, 1.807) is 0 Å². The molecule has 7 nitrogen and oxygen atoms in total. The fourth-order valence-corrected chi connectivity index (χ4v) is 1.72. The maximum Gasteiger partial charge on any atom is 0.329 e. The van der Waals surface area contributed by atoms with E-state index in [1.165, 1.54) is 45.0 Å². The predicted octanol–water partition coefficient (Wildman–Crippen LogP) is 1.81. The quantitative estimate of drug-likeness (QED) is 0.661. The standard InChI is InChI=1S/C12H14N2O5/c1-8(15)13(12(2,3)11(16)17)9-4-6-10(7-5-9)14(18)19/h4-7H,1-3H3,(H,16,17). The van der Waals surface area contributed by atoms with Crippen molar-refractivity contribution in [3.05, 3.63) is 34.4 Å². The van der Waals surface area contributed by atoms with Gasteiger partial charge >= 0.3 is 5.97 Å². The summed E-state index contributed by atoms with van der Waals surface area (Å²) >= 11 is 0. The van der Waals surface area contributed by atoms with Gasteiger partial charge in [0.25, 0.3) is 5.69 Å². The van der Waals surface area contributed by atoms with E-state index < -0.39 is 22.3 Å². The van der Waals surface area contributed by atoms with E-state index >= 15 is 0 Å². The van der Waals surface area contributed by atoms with Crippen LogP contribution >= 0.6 is 0 Å². The highest BCUT2D eigenvalue weighted by atomic mass is 16.6. The van der Waals surface area contributed by atoms with Gasteiger partial charge < -0.3 is 5.11 Å². The summed E-state index contributed by atoms with van der Waals surface area (Å²) in [6, 6.07) is 5.15. The van der Waals surface area contributed by atoms with Crippen LogP contribution in [0.25, 0.3) is 0 Å². The third kappa shape index (κ3) is 2.87. The molecule has 0 unspecified atom stereocenters. The highest BCUT2D eigenvalue weighted by Gasteiger charge is 2.37. The number of non-ortho nitro benzene ring substituents is 1. The SMILES string of the molecule is CC(=O)N(c1ccc([N+](=O)[O-])cc1)C(C)(C)C(=O)O. The van der Waals surface area contributed by atoms with Gasteiger partial charge in [0, 0.05) is 24.7 Å². The van der Waals surface area contributed by atoms with Crippen LogP contribution in [0.4, 0.5) is 11.4 Å². The van der Waals surface area contributed by atoms with Crippen molar-refractivity contribution in [2.45, 2.75) is 26.3 Å². The largest absolute Gasteiger partial charge is 0.480 e. The van der Waals surface area contributed by atoms with Crippen LogP contribution in [0.2, 0.25) is 0 Å². The van der Waals surface area contributed by atoms with E-state index in [0.29, 0.717) is 5.69 Å². The maximum absolute atomic E-state index is 11.6. The van der Waals surface area contributed by atoms with Crippen molar-refractivity contribution in [1.82, 2.24) is 0 Å². The number of carbonyl (C=O) groups excluding carboxylic acids is 1. The summed E-state index contributed by atoms with van der Waals surface area (Å²) in [5.74, 6) is -1.62. The lowest BCUT2D eigenvalue weighted by atomic mass is 10.0. The van der Waals surface area contributed by atoms with Gasteiger partial charge in [-0.3, -0.25) is 19.8 Å². The van der Waals surface area contributed by atoms with Crippen LogP contribution in [0.1, 0.15) is 20.8 Å². The molecule has 1 amide bonds. The van der Waals surface area contributed by atoms with Crippen LogP contribution in [0.15, 0.2) is 24.3 Å². The molecule has 0 saturated heterocycles. The van der Waals surface area contributed by atoms with Gasteiger partial charge in [-0.15, -0.1) is 0 Å². The molecule has 0 spiro atoms. The van der Waals surface area contributed by atoms with Gasteiger partial charge in [-0.1, -0.05) is 0 Å². The fraction of sp³-hybridized carbons (Fsp3) is 0.333. The monoisotopic (exact) mass is 266 g/mol. The van der Waals surface area contributed by atoms with Crippen molar-refractivity contribution >= 4 is 23.3 Å². The second-order valence-electron chi connectivity index (χ2n) is 4.49. The fourth-order valence-electron chi connectivity index (χ4n) is 1.72. The third-order valence-electron chi connectivity index (χ3n) is 2.72. The van der Waals surface area contributed by atoms with E-state index in [4.69, 9.17) is 5.11 Å². The number of amides is 1. The summed E-state index contributed by atoms with van der Waals surface area (Å²) in [7, 11) is 0. The number of rotatable bonds is 4. The van der Waals surface area contributed by atoms with Crippen LogP contribution in [0.3, 0.4) is 0 Å². The Balaban J connectivity index is 3.25. The summed E-state index contributed by atoms with van der Waals surface area (Å²) in [5.41, 5.74) is -1.27. The number of carboxylic acid groups (broad SMARTS) is 1. The normalized spacial score (nSPS) is 10.9. The lowest BCUT2D eigenvalue weighted by molar-refractivity contribution is -0.384. The number of nitrogens with zero attached hydrogens (tertiary/aromatic N) is 2. The molecule has 1 rings (SSSR count). The van der Waals surface area contributed by atoms with Gasteiger partial charge in [0.05, 0.1) is 4.92 Å². The minimum Gasteiger partial charge on any atom is -0.480 e. The first kappa shape index (κ1) is 14.6. The van der Waals surface area contributed by atoms with Gasteiger partial charge in [0.2, 0.25) is 5.91 Å². The van der Waals surface area contributed by atoms with E-state index in [2.05, 4.69) is 0 Å². The second kappa shape index (κ2) is 5.05. The Morgan fingerprint density at radius 1 is 1.26 bits per heavy atom. The zero-order valence-electron chi connectivity index (χ0n) is 10.8. The van der Waals surface area contributed by atoms with E-state index in [-0.39, 0.29) is 5.69 Å². The van der Waals surface area contributed by atoms with E-state index in [9.17, 15) is 19.7 Å². The Hall–Kier alpha value is -2.44. The number of nitro benzene ring substituents is 1. The molecule has 0 aromatic heterocycles. The summed E-state index contributed by atoms with van der Waals surface area (Å²) in [5, 5.41) is 19.7. The number of benzene rings is 1. The molecule has 7 heteroatoms. The molecular formula is C12H14N2O5. The average molecular weight is 266 g/mol. The zero-order valence-corrected chi connectivity index (χ0v) is 10.8. The molecule has 0 saturated carbocycles. The minimum atomic E-state index is -1.44. The van der Waals surface area contributed by atoms with Crippen molar-refractivity contribution in [3.8, 4) is 0 Å². The Morgan fingerprint density at radius 3 is 2.05 bits per heavy atom. The molecule has 19 heavy (non-hydrogen) atoms. The van der Waals surface area contributed by atoms with Gasteiger partial charge in [0.1, 0.15) is 5.54 Å². The maximum atomic E-state index is 11.6. The van der Waals surface area contributed by atoms with E-state index in [0.717, 1.165) is 4.90 Å². The lowest BCUT2D eigenvalue weighted by Gasteiger charge is -2.34. The molecule has 0 heterocycles. The molecule has 1 aromatic carbocycles. The smallest absolute Gasteiger partial charge is 0.329 e. The number of hydrogen-bond donors (Lipinski definition) is 1. The molecule has 0 aliphatic carbocycles. The molecule has 0 aliphatic heterocycles. The van der Waals surface area contributed by atoms with Gasteiger partial charge in [-0.25, -0.2) is 4.79 Å². The number of nitro groups is 1. The highest BCUT2D eigenvalue weighted by Crippen LogP contribution is 2.26. The van der Waals surface area contributed by atoms with Crippen molar-refractivity contribution < 1.29 is 19.6 Å². The number of hydrogen-bond acceptors (Lipinski definition) is 4. The highest BCUT2D eigenvalue weighted by molar-refractivity contribution is 6.00. The number of anilines is 1. The number of carboxylic acids is 1. The first-order valence-corrected chi connectivity index (χ1v) is 5.46. The molecule has 1 aromatic rings. The molecular weight excluding hydrogens is 252 g/mol. The molecule has 0 bridgehead atoms. The summed E-state index contributed by atoms with van der Waals surface area (Å²) in [6.45, 7) is 4.02. The molecule has 0 atom stereocenters. The summed E-state index contributed by atoms with van der Waals surface area (Å²) in [6.07, 6.45) is 0. The molecule has 0 fully saturated rings. The Morgan fingerprint density at radius 2 is 1.74 bits per heavy atom. The molecule has 0 radical (unpaired) electrons. The minimum absolute atomic E-state index is 0.125. The number of aliphatic carboxylic acids is 1. The van der Waals surface area contributed by atoms with Crippen molar-refractivity contribution in [2.75, 3.05) is 4.90 Å². The molecule has 0 aliphatic rings. The molecule has 102 valence electrons. The van der Waals surface area contributed by atoms with Crippen LogP contribution in [-0.4, -0.2) is 27.4 Å². The van der Waals surface area contributed by atoms with Crippen LogP contribution < -0.4 is 4.90 Å². The van der Waals surface area contributed by atoms with Gasteiger partial charge in [0.15, 0.2) is 0 Å². The van der Waals surface area contributed by atoms with Crippen LogP contribution in [0.5, 0.6) is 0 Å². The average Bonchev–Trinajstić information content (AvgIpc) is 2.28. The van der Waals surface area contributed by atoms with Crippen LogP contribution in [-0.2, 0) is 9.59 Å². The van der Waals surface area contributed by atoms with Crippen molar-refractivity contribution in [1.29, 1.82) is 0 Å². The van der Waals surface area contributed by atoms with Crippen molar-refractivity contribution in [2.24, 2.45) is 0 Å². The Kier molecular flexibility index (Phi) is 3.89. The number of carbonyl (C=O) groups is 2. The first-order chi connectivity index (χ1) is 8.67.